The molecule has 0 saturated carbocycles. The van der Waals surface area contributed by atoms with Gasteiger partial charge in [0, 0.05) is 6.20 Å². The van der Waals surface area contributed by atoms with Crippen molar-refractivity contribution < 1.29 is 14.6 Å². The Morgan fingerprint density at radius 3 is 3.00 bits per heavy atom. The maximum Gasteiger partial charge on any atom is 0.309 e. The Balaban J connectivity index is 2.79. The number of methoxy groups -OCH3 is 1. The molecule has 0 aliphatic rings. The second-order valence-corrected chi connectivity index (χ2v) is 2.12. The van der Waals surface area contributed by atoms with Gasteiger partial charge in [-0.3, -0.25) is 9.78 Å². The van der Waals surface area contributed by atoms with Gasteiger partial charge in [0.2, 0.25) is 5.88 Å². The van der Waals surface area contributed by atoms with E-state index in [9.17, 15) is 4.79 Å². The second kappa shape index (κ2) is 3.66. The molecule has 0 unspecified atom stereocenters. The van der Waals surface area contributed by atoms with Gasteiger partial charge in [-0.15, -0.1) is 0 Å². The number of carbonyl (C=O) groups is 1. The summed E-state index contributed by atoms with van der Waals surface area (Å²) in [4.78, 5) is 17.9. The largest absolute Gasteiger partial charge is 0.481 e. The summed E-state index contributed by atoms with van der Waals surface area (Å²) in [5.41, 5.74) is 0.391. The second-order valence-electron chi connectivity index (χ2n) is 2.12. The highest BCUT2D eigenvalue weighted by Crippen LogP contribution is 2.03. The molecule has 5 heteroatoms. The van der Waals surface area contributed by atoms with Crippen molar-refractivity contribution in [3.05, 3.63) is 18.1 Å². The van der Waals surface area contributed by atoms with Crippen molar-refractivity contribution >= 4 is 5.97 Å². The van der Waals surface area contributed by atoms with Crippen LogP contribution in [0.2, 0.25) is 0 Å². The van der Waals surface area contributed by atoms with E-state index in [2.05, 4.69) is 9.97 Å². The molecule has 1 N–H and O–H groups in total. The topological polar surface area (TPSA) is 72.3 Å². The molecular formula is C7H8N2O3. The number of carboxylic acids is 1. The van der Waals surface area contributed by atoms with Crippen LogP contribution >= 0.6 is 0 Å². The van der Waals surface area contributed by atoms with Gasteiger partial charge in [0.1, 0.15) is 0 Å². The van der Waals surface area contributed by atoms with Crippen LogP contribution in [0.25, 0.3) is 0 Å². The van der Waals surface area contributed by atoms with E-state index >= 15 is 0 Å². The Morgan fingerprint density at radius 2 is 2.42 bits per heavy atom. The van der Waals surface area contributed by atoms with Gasteiger partial charge in [-0.25, -0.2) is 4.98 Å². The molecule has 0 saturated heterocycles. The van der Waals surface area contributed by atoms with Gasteiger partial charge in [0.05, 0.1) is 25.4 Å². The summed E-state index contributed by atoms with van der Waals surface area (Å²) in [5, 5.41) is 8.42. The lowest BCUT2D eigenvalue weighted by molar-refractivity contribution is -0.136. The molecule has 0 aliphatic carbocycles. The SMILES string of the molecule is COc1cncc(CC(=O)O)n1. The monoisotopic (exact) mass is 168 g/mol. The molecule has 5 nitrogen and oxygen atoms in total. The van der Waals surface area contributed by atoms with Crippen LogP contribution in [-0.2, 0) is 11.2 Å². The minimum Gasteiger partial charge on any atom is -0.481 e. The van der Waals surface area contributed by atoms with E-state index in [1.165, 1.54) is 19.5 Å². The van der Waals surface area contributed by atoms with Crippen LogP contribution in [0.1, 0.15) is 5.69 Å². The number of aliphatic carboxylic acids is 1. The van der Waals surface area contributed by atoms with Gasteiger partial charge in [-0.1, -0.05) is 0 Å². The molecule has 0 atom stereocenters. The van der Waals surface area contributed by atoms with E-state index in [1.54, 1.807) is 0 Å². The van der Waals surface area contributed by atoms with E-state index < -0.39 is 5.97 Å². The van der Waals surface area contributed by atoms with Crippen LogP contribution in [0.15, 0.2) is 12.4 Å². The highest BCUT2D eigenvalue weighted by Gasteiger charge is 2.02. The first kappa shape index (κ1) is 8.45. The standard InChI is InChI=1S/C7H8N2O3/c1-12-6-4-8-3-5(9-6)2-7(10)11/h3-4H,2H2,1H3,(H,10,11). The molecule has 0 fully saturated rings. The average Bonchev–Trinajstić information content (AvgIpc) is 2.03. The fourth-order valence-electron chi connectivity index (χ4n) is 0.725. The molecule has 1 rings (SSSR count). The lowest BCUT2D eigenvalue weighted by Crippen LogP contribution is -2.03. The third kappa shape index (κ3) is 2.19. The third-order valence-corrected chi connectivity index (χ3v) is 1.20. The Labute approximate surface area is 69.0 Å². The minimum atomic E-state index is -0.933. The predicted molar refractivity (Wildman–Crippen MR) is 39.9 cm³/mol. The van der Waals surface area contributed by atoms with Crippen LogP contribution < -0.4 is 4.74 Å². The molecule has 64 valence electrons. The molecule has 0 aromatic carbocycles. The van der Waals surface area contributed by atoms with Gasteiger partial charge in [-0.2, -0.15) is 0 Å². The van der Waals surface area contributed by atoms with E-state index in [4.69, 9.17) is 9.84 Å². The number of nitrogens with zero attached hydrogens (tertiary/aromatic N) is 2. The number of carboxylic acid groups (broad SMARTS) is 1. The normalized spacial score (nSPS) is 9.42. The summed E-state index contributed by atoms with van der Waals surface area (Å²) >= 11 is 0. The van der Waals surface area contributed by atoms with Crippen molar-refractivity contribution in [1.82, 2.24) is 9.97 Å². The van der Waals surface area contributed by atoms with Crippen LogP contribution in [0.3, 0.4) is 0 Å². The first-order valence-corrected chi connectivity index (χ1v) is 3.29. The van der Waals surface area contributed by atoms with Crippen molar-refractivity contribution in [3.8, 4) is 5.88 Å². The molecule has 12 heavy (non-hydrogen) atoms. The summed E-state index contributed by atoms with van der Waals surface area (Å²) in [5.74, 6) is -0.605. The van der Waals surface area contributed by atoms with Crippen LogP contribution in [-0.4, -0.2) is 28.2 Å². The number of rotatable bonds is 3. The van der Waals surface area contributed by atoms with Crippen LogP contribution in [0.5, 0.6) is 5.88 Å². The zero-order chi connectivity index (χ0) is 8.97. The average molecular weight is 168 g/mol. The molecule has 0 amide bonds. The molecule has 0 spiro atoms. The van der Waals surface area contributed by atoms with Gasteiger partial charge < -0.3 is 9.84 Å². The number of ether oxygens (including phenoxy) is 1. The van der Waals surface area contributed by atoms with Crippen molar-refractivity contribution in [2.45, 2.75) is 6.42 Å². The van der Waals surface area contributed by atoms with Gasteiger partial charge in [0.25, 0.3) is 0 Å². The van der Waals surface area contributed by atoms with Crippen molar-refractivity contribution in [1.29, 1.82) is 0 Å². The zero-order valence-corrected chi connectivity index (χ0v) is 6.52. The third-order valence-electron chi connectivity index (χ3n) is 1.20. The fourth-order valence-corrected chi connectivity index (χ4v) is 0.725. The first-order chi connectivity index (χ1) is 5.72. The van der Waals surface area contributed by atoms with Gasteiger partial charge >= 0.3 is 5.97 Å². The maximum absolute atomic E-state index is 10.3. The Bertz CT molecular complexity index is 288. The highest BCUT2D eigenvalue weighted by molar-refractivity contribution is 5.69. The molecule has 1 aromatic heterocycles. The van der Waals surface area contributed by atoms with Crippen LogP contribution in [0.4, 0.5) is 0 Å². The van der Waals surface area contributed by atoms with E-state index in [0.717, 1.165) is 0 Å². The van der Waals surface area contributed by atoms with Gasteiger partial charge in [-0.05, 0) is 0 Å². The van der Waals surface area contributed by atoms with Crippen molar-refractivity contribution in [2.24, 2.45) is 0 Å². The summed E-state index contributed by atoms with van der Waals surface area (Å²) in [7, 11) is 1.45. The zero-order valence-electron chi connectivity index (χ0n) is 6.52. The quantitative estimate of drug-likeness (QED) is 0.693. The Kier molecular flexibility index (Phi) is 2.57. The van der Waals surface area contributed by atoms with Gasteiger partial charge in [0.15, 0.2) is 0 Å². The van der Waals surface area contributed by atoms with Crippen molar-refractivity contribution in [3.63, 3.8) is 0 Å². The first-order valence-electron chi connectivity index (χ1n) is 3.29. The molecule has 0 aliphatic heterocycles. The molecule has 1 aromatic rings. The number of hydrogen-bond donors (Lipinski definition) is 1. The van der Waals surface area contributed by atoms with E-state index in [1.807, 2.05) is 0 Å². The molecule has 1 heterocycles. The van der Waals surface area contributed by atoms with E-state index in [0.29, 0.717) is 11.6 Å². The summed E-state index contributed by atoms with van der Waals surface area (Å²) < 4.78 is 4.77. The Morgan fingerprint density at radius 1 is 1.67 bits per heavy atom. The molecular weight excluding hydrogens is 160 g/mol. The summed E-state index contributed by atoms with van der Waals surface area (Å²) in [6.45, 7) is 0. The van der Waals surface area contributed by atoms with Crippen LogP contribution in [0, 0.1) is 0 Å². The lowest BCUT2D eigenvalue weighted by atomic mass is 10.3. The fraction of sp³-hybridized carbons (Fsp3) is 0.286. The van der Waals surface area contributed by atoms with Crippen molar-refractivity contribution in [2.75, 3.05) is 7.11 Å². The van der Waals surface area contributed by atoms with E-state index in [-0.39, 0.29) is 6.42 Å². The predicted octanol–water partition coefficient (Wildman–Crippen LogP) is 0.112. The summed E-state index contributed by atoms with van der Waals surface area (Å²) in [6, 6.07) is 0. The smallest absolute Gasteiger partial charge is 0.309 e. The lowest BCUT2D eigenvalue weighted by Gasteiger charge is -1.98. The maximum atomic E-state index is 10.3. The summed E-state index contributed by atoms with van der Waals surface area (Å²) in [6.07, 6.45) is 2.69. The minimum absolute atomic E-state index is 0.135. The Hall–Kier alpha value is -1.65. The molecule has 0 bridgehead atoms. The number of aromatic nitrogens is 2. The highest BCUT2D eigenvalue weighted by atomic mass is 16.5. The number of hydrogen-bond acceptors (Lipinski definition) is 4. The molecule has 0 radical (unpaired) electrons.